The van der Waals surface area contributed by atoms with E-state index in [9.17, 15) is 9.59 Å². The predicted octanol–water partition coefficient (Wildman–Crippen LogP) is 0.253. The van der Waals surface area contributed by atoms with E-state index in [4.69, 9.17) is 10.00 Å². The first-order chi connectivity index (χ1) is 13.2. The number of fused-ring (bicyclic) bond motifs is 1. The molecule has 0 aromatic rings. The second kappa shape index (κ2) is 8.03. The van der Waals surface area contributed by atoms with Crippen molar-refractivity contribution in [1.82, 2.24) is 20.0 Å². The first-order valence-corrected chi connectivity index (χ1v) is 10.2. The maximum Gasteiger partial charge on any atom is 0.320 e. The Kier molecular flexibility index (Phi) is 5.50. The third-order valence-corrected chi connectivity index (χ3v) is 6.57. The Hall–Kier alpha value is -1.85. The summed E-state index contributed by atoms with van der Waals surface area (Å²) in [6, 6.07) is 2.47. The van der Waals surface area contributed by atoms with Gasteiger partial charge in [-0.1, -0.05) is 0 Å². The van der Waals surface area contributed by atoms with Crippen LogP contribution in [0, 0.1) is 23.2 Å². The summed E-state index contributed by atoms with van der Waals surface area (Å²) in [5.74, 6) is 1.10. The summed E-state index contributed by atoms with van der Waals surface area (Å²) in [4.78, 5) is 30.6. The largest absolute Gasteiger partial charge is 0.378 e. The molecule has 1 saturated carbocycles. The first-order valence-electron chi connectivity index (χ1n) is 10.2. The van der Waals surface area contributed by atoms with E-state index in [1.807, 2.05) is 9.80 Å². The summed E-state index contributed by atoms with van der Waals surface area (Å²) >= 11 is 0. The van der Waals surface area contributed by atoms with E-state index >= 15 is 0 Å². The zero-order valence-corrected chi connectivity index (χ0v) is 15.8. The van der Waals surface area contributed by atoms with E-state index in [-0.39, 0.29) is 18.0 Å². The summed E-state index contributed by atoms with van der Waals surface area (Å²) in [6.45, 7) is 5.33. The van der Waals surface area contributed by atoms with Gasteiger partial charge in [0.15, 0.2) is 0 Å². The average molecular weight is 375 g/mol. The van der Waals surface area contributed by atoms with Gasteiger partial charge in [-0.25, -0.2) is 4.79 Å². The van der Waals surface area contributed by atoms with Crippen LogP contribution in [0.3, 0.4) is 0 Å². The van der Waals surface area contributed by atoms with E-state index in [1.165, 1.54) is 0 Å². The zero-order chi connectivity index (χ0) is 18.8. The maximum absolute atomic E-state index is 12.6. The van der Waals surface area contributed by atoms with Gasteiger partial charge in [-0.3, -0.25) is 4.79 Å². The monoisotopic (exact) mass is 375 g/mol. The molecule has 4 atom stereocenters. The molecule has 148 valence electrons. The van der Waals surface area contributed by atoms with Gasteiger partial charge in [-0.15, -0.1) is 0 Å². The Morgan fingerprint density at radius 3 is 2.44 bits per heavy atom. The number of ether oxygens (including phenoxy) is 1. The molecule has 3 saturated heterocycles. The fourth-order valence-electron chi connectivity index (χ4n) is 5.11. The lowest BCUT2D eigenvalue weighted by atomic mass is 10.0. The smallest absolute Gasteiger partial charge is 0.320 e. The van der Waals surface area contributed by atoms with Crippen LogP contribution in [0.2, 0.25) is 0 Å². The highest BCUT2D eigenvalue weighted by Gasteiger charge is 2.43. The van der Waals surface area contributed by atoms with Crippen LogP contribution in [0.1, 0.15) is 25.7 Å². The Labute approximate surface area is 160 Å². The van der Waals surface area contributed by atoms with Gasteiger partial charge in [0.1, 0.15) is 6.04 Å². The minimum atomic E-state index is -0.248. The van der Waals surface area contributed by atoms with E-state index in [0.717, 1.165) is 38.8 Å². The fraction of sp³-hybridized carbons (Fsp3) is 0.842. The number of nitrogens with zero attached hydrogens (tertiary/aromatic N) is 4. The molecule has 0 radical (unpaired) electrons. The van der Waals surface area contributed by atoms with Gasteiger partial charge in [-0.05, 0) is 37.5 Å². The van der Waals surface area contributed by atoms with E-state index < -0.39 is 0 Å². The molecular formula is C19H29N5O3. The highest BCUT2D eigenvalue weighted by Crippen LogP contribution is 2.38. The summed E-state index contributed by atoms with van der Waals surface area (Å²) in [5.41, 5.74) is 0. The molecular weight excluding hydrogens is 346 g/mol. The maximum atomic E-state index is 12.6. The number of morpholine rings is 1. The molecule has 1 N–H and O–H groups in total. The van der Waals surface area contributed by atoms with Crippen molar-refractivity contribution in [2.24, 2.45) is 11.8 Å². The molecule has 27 heavy (non-hydrogen) atoms. The standard InChI is InChI=1S/C19H29N5O3/c20-10-17-2-1-3-24(17)18(25)11-21-16-8-14-12-23(13-15(14)9-16)19(26)22-4-6-27-7-5-22/h14-17,21H,1-9,11-13H2/t14-,15?,16?,17?/m1/s1. The van der Waals surface area contributed by atoms with Crippen LogP contribution in [0.5, 0.6) is 0 Å². The molecule has 4 rings (SSSR count). The van der Waals surface area contributed by atoms with Crippen LogP contribution < -0.4 is 5.32 Å². The van der Waals surface area contributed by atoms with Crippen LogP contribution in [-0.4, -0.2) is 91.2 Å². The summed E-state index contributed by atoms with van der Waals surface area (Å²) in [6.07, 6.45) is 3.76. The third kappa shape index (κ3) is 3.90. The number of urea groups is 1. The van der Waals surface area contributed by atoms with E-state index in [2.05, 4.69) is 11.4 Å². The van der Waals surface area contributed by atoms with Crippen LogP contribution in [-0.2, 0) is 9.53 Å². The van der Waals surface area contributed by atoms with Crippen LogP contribution >= 0.6 is 0 Å². The van der Waals surface area contributed by atoms with Gasteiger partial charge < -0.3 is 24.8 Å². The summed E-state index contributed by atoms with van der Waals surface area (Å²) < 4.78 is 5.33. The van der Waals surface area contributed by atoms with Gasteiger partial charge in [-0.2, -0.15) is 5.26 Å². The molecule has 0 aromatic carbocycles. The Morgan fingerprint density at radius 1 is 1.07 bits per heavy atom. The second-order valence-electron chi connectivity index (χ2n) is 8.23. The van der Waals surface area contributed by atoms with Gasteiger partial charge in [0.2, 0.25) is 5.91 Å². The van der Waals surface area contributed by atoms with Crippen molar-refractivity contribution in [3.63, 3.8) is 0 Å². The number of hydrogen-bond acceptors (Lipinski definition) is 5. The minimum Gasteiger partial charge on any atom is -0.378 e. The number of nitriles is 1. The van der Waals surface area contributed by atoms with E-state index in [0.29, 0.717) is 57.3 Å². The fourth-order valence-corrected chi connectivity index (χ4v) is 5.11. The zero-order valence-electron chi connectivity index (χ0n) is 15.8. The molecule has 8 heteroatoms. The van der Waals surface area contributed by atoms with E-state index in [1.54, 1.807) is 4.90 Å². The molecule has 0 aromatic heterocycles. The van der Waals surface area contributed by atoms with Crippen LogP contribution in [0.25, 0.3) is 0 Å². The quantitative estimate of drug-likeness (QED) is 0.764. The Bertz CT molecular complexity index is 601. The summed E-state index contributed by atoms with van der Waals surface area (Å²) in [5, 5.41) is 12.5. The lowest BCUT2D eigenvalue weighted by Crippen LogP contribution is -2.48. The van der Waals surface area contributed by atoms with Crippen molar-refractivity contribution < 1.29 is 14.3 Å². The number of nitrogens with one attached hydrogen (secondary N) is 1. The molecule has 3 amide bonds. The first kappa shape index (κ1) is 18.5. The van der Waals surface area contributed by atoms with Crippen molar-refractivity contribution in [2.45, 2.75) is 37.8 Å². The molecule has 3 unspecified atom stereocenters. The Morgan fingerprint density at radius 2 is 1.78 bits per heavy atom. The van der Waals surface area contributed by atoms with Crippen LogP contribution in [0.15, 0.2) is 0 Å². The van der Waals surface area contributed by atoms with Gasteiger partial charge in [0.25, 0.3) is 0 Å². The van der Waals surface area contributed by atoms with Crippen molar-refractivity contribution in [3.05, 3.63) is 0 Å². The predicted molar refractivity (Wildman–Crippen MR) is 97.7 cm³/mol. The SMILES string of the molecule is N#CC1CCCN1C(=O)CNC1CC2CN(C(=O)N3CCOCC3)C[C@H]2C1. The number of likely N-dealkylation sites (tertiary alicyclic amines) is 2. The second-order valence-corrected chi connectivity index (χ2v) is 8.23. The number of hydrogen-bond donors (Lipinski definition) is 1. The van der Waals surface area contributed by atoms with Crippen molar-refractivity contribution in [1.29, 1.82) is 5.26 Å². The molecule has 0 spiro atoms. The van der Waals surface area contributed by atoms with Gasteiger partial charge in [0.05, 0.1) is 25.8 Å². The number of carbonyl (C=O) groups is 2. The molecule has 3 aliphatic heterocycles. The topological polar surface area (TPSA) is 88.9 Å². The number of rotatable bonds is 3. The normalized spacial score (nSPS) is 33.2. The number of amides is 3. The lowest BCUT2D eigenvalue weighted by molar-refractivity contribution is -0.130. The minimum absolute atomic E-state index is 0.0419. The highest BCUT2D eigenvalue weighted by atomic mass is 16.5. The van der Waals surface area contributed by atoms with Crippen LogP contribution in [0.4, 0.5) is 4.79 Å². The van der Waals surface area contributed by atoms with Crippen molar-refractivity contribution in [3.8, 4) is 6.07 Å². The number of carbonyl (C=O) groups excluding carboxylic acids is 2. The Balaban J connectivity index is 1.21. The molecule has 0 bridgehead atoms. The third-order valence-electron chi connectivity index (χ3n) is 6.57. The van der Waals surface area contributed by atoms with Gasteiger partial charge >= 0.3 is 6.03 Å². The van der Waals surface area contributed by atoms with Crippen molar-refractivity contribution >= 4 is 11.9 Å². The van der Waals surface area contributed by atoms with Gasteiger partial charge in [0, 0.05) is 38.8 Å². The summed E-state index contributed by atoms with van der Waals surface area (Å²) in [7, 11) is 0. The van der Waals surface area contributed by atoms with Crippen molar-refractivity contribution in [2.75, 3.05) is 52.5 Å². The molecule has 4 fully saturated rings. The molecule has 3 heterocycles. The molecule has 1 aliphatic carbocycles. The lowest BCUT2D eigenvalue weighted by Gasteiger charge is -2.31. The molecule has 8 nitrogen and oxygen atoms in total. The average Bonchev–Trinajstić information content (AvgIpc) is 3.40. The highest BCUT2D eigenvalue weighted by molar-refractivity contribution is 5.79. The molecule has 4 aliphatic rings.